The molecule has 0 bridgehead atoms. The lowest BCUT2D eigenvalue weighted by Crippen LogP contribution is -2.19. The van der Waals surface area contributed by atoms with Crippen LogP contribution in [0, 0.1) is 0 Å². The van der Waals surface area contributed by atoms with Crippen LogP contribution >= 0.6 is 0 Å². The Kier molecular flexibility index (Phi) is 3.09. The molecule has 4 heteroatoms. The summed E-state index contributed by atoms with van der Waals surface area (Å²) in [5.74, 6) is 1.43. The molecule has 2 atom stereocenters. The lowest BCUT2D eigenvalue weighted by Gasteiger charge is -2.30. The van der Waals surface area contributed by atoms with Crippen molar-refractivity contribution >= 4 is 0 Å². The van der Waals surface area contributed by atoms with Crippen molar-refractivity contribution in [1.82, 2.24) is 4.98 Å². The zero-order valence-electron chi connectivity index (χ0n) is 10.6. The van der Waals surface area contributed by atoms with E-state index in [0.29, 0.717) is 12.2 Å². The van der Waals surface area contributed by atoms with E-state index in [2.05, 4.69) is 4.98 Å². The highest BCUT2D eigenvalue weighted by Gasteiger charge is 2.28. The van der Waals surface area contributed by atoms with Crippen LogP contribution in [0.3, 0.4) is 0 Å². The Balaban J connectivity index is 1.92. The van der Waals surface area contributed by atoms with Gasteiger partial charge in [-0.1, -0.05) is 6.07 Å². The molecule has 4 nitrogen and oxygen atoms in total. The fourth-order valence-corrected chi connectivity index (χ4v) is 2.32. The van der Waals surface area contributed by atoms with Crippen LogP contribution < -0.4 is 9.47 Å². The lowest BCUT2D eigenvalue weighted by molar-refractivity contribution is 0.0653. The van der Waals surface area contributed by atoms with E-state index in [-0.39, 0.29) is 6.10 Å². The van der Waals surface area contributed by atoms with Crippen molar-refractivity contribution in [3.8, 4) is 11.5 Å². The molecule has 1 N–H and O–H groups in total. The lowest BCUT2D eigenvalue weighted by atomic mass is 9.95. The smallest absolute Gasteiger partial charge is 0.128 e. The van der Waals surface area contributed by atoms with Crippen LogP contribution in [0.15, 0.2) is 42.7 Å². The average Bonchev–Trinajstić information content (AvgIpc) is 2.48. The number of aliphatic hydroxyl groups excluding tert-OH is 1. The van der Waals surface area contributed by atoms with Gasteiger partial charge in [0.25, 0.3) is 0 Å². The van der Waals surface area contributed by atoms with E-state index in [9.17, 15) is 5.11 Å². The van der Waals surface area contributed by atoms with Crippen molar-refractivity contribution in [2.75, 3.05) is 7.11 Å². The number of aromatic nitrogens is 1. The minimum Gasteiger partial charge on any atom is -0.497 e. The molecule has 1 aliphatic heterocycles. The summed E-state index contributed by atoms with van der Waals surface area (Å²) in [4.78, 5) is 4.09. The van der Waals surface area contributed by atoms with Gasteiger partial charge in [0.15, 0.2) is 0 Å². The van der Waals surface area contributed by atoms with Gasteiger partial charge in [-0.05, 0) is 24.3 Å². The summed E-state index contributed by atoms with van der Waals surface area (Å²) in [6.45, 7) is 0. The Hall–Kier alpha value is -2.07. The molecule has 98 valence electrons. The molecule has 2 heterocycles. The van der Waals surface area contributed by atoms with Gasteiger partial charge in [-0.25, -0.2) is 0 Å². The van der Waals surface area contributed by atoms with Crippen LogP contribution in [0.1, 0.15) is 29.8 Å². The second-order valence-electron chi connectivity index (χ2n) is 4.55. The van der Waals surface area contributed by atoms with Gasteiger partial charge in [0, 0.05) is 29.9 Å². The molecule has 0 amide bonds. The summed E-state index contributed by atoms with van der Waals surface area (Å²) >= 11 is 0. The molecule has 0 fully saturated rings. The summed E-state index contributed by atoms with van der Waals surface area (Å²) in [5, 5.41) is 10.3. The number of nitrogens with zero attached hydrogens (tertiary/aromatic N) is 1. The Labute approximate surface area is 111 Å². The highest BCUT2D eigenvalue weighted by atomic mass is 16.5. The van der Waals surface area contributed by atoms with E-state index in [1.807, 2.05) is 30.3 Å². The van der Waals surface area contributed by atoms with Crippen LogP contribution in [0.2, 0.25) is 0 Å². The average molecular weight is 257 g/mol. The van der Waals surface area contributed by atoms with Gasteiger partial charge in [0.2, 0.25) is 0 Å². The first-order valence-corrected chi connectivity index (χ1v) is 6.20. The maximum Gasteiger partial charge on any atom is 0.128 e. The highest BCUT2D eigenvalue weighted by Crippen LogP contribution is 2.41. The molecule has 0 saturated carbocycles. The number of fused-ring (bicyclic) bond motifs is 1. The summed E-state index contributed by atoms with van der Waals surface area (Å²) in [5.41, 5.74) is 1.75. The van der Waals surface area contributed by atoms with E-state index >= 15 is 0 Å². The highest BCUT2D eigenvalue weighted by molar-refractivity contribution is 5.43. The maximum absolute atomic E-state index is 10.3. The standard InChI is InChI=1S/C15H15NO3/c1-18-11-4-5-14-12(7-11)13(17)8-15(19-14)10-3-2-6-16-9-10/h2-7,9,13,15,17H,8H2,1H3/t13-,15?/m0/s1. The molecule has 0 radical (unpaired) electrons. The largest absolute Gasteiger partial charge is 0.497 e. The third-order valence-electron chi connectivity index (χ3n) is 3.34. The van der Waals surface area contributed by atoms with Crippen molar-refractivity contribution in [1.29, 1.82) is 0 Å². The molecule has 1 unspecified atom stereocenters. The van der Waals surface area contributed by atoms with Crippen LogP contribution in [0.25, 0.3) is 0 Å². The fraction of sp³-hybridized carbons (Fsp3) is 0.267. The van der Waals surface area contributed by atoms with E-state index < -0.39 is 6.10 Å². The number of hydrogen-bond donors (Lipinski definition) is 1. The van der Waals surface area contributed by atoms with Crippen molar-refractivity contribution < 1.29 is 14.6 Å². The van der Waals surface area contributed by atoms with Crippen molar-refractivity contribution in [2.24, 2.45) is 0 Å². The van der Waals surface area contributed by atoms with Crippen LogP contribution in [-0.2, 0) is 0 Å². The number of pyridine rings is 1. The molecule has 1 aliphatic rings. The molecule has 3 rings (SSSR count). The predicted molar refractivity (Wildman–Crippen MR) is 70.2 cm³/mol. The third kappa shape index (κ3) is 2.27. The van der Waals surface area contributed by atoms with Crippen LogP contribution in [-0.4, -0.2) is 17.2 Å². The third-order valence-corrected chi connectivity index (χ3v) is 3.34. The Bertz CT molecular complexity index is 571. The van der Waals surface area contributed by atoms with E-state index in [0.717, 1.165) is 16.9 Å². The first kappa shape index (κ1) is 12.0. The van der Waals surface area contributed by atoms with Crippen LogP contribution in [0.4, 0.5) is 0 Å². The van der Waals surface area contributed by atoms with E-state index in [1.165, 1.54) is 0 Å². The maximum atomic E-state index is 10.3. The molecule has 0 aliphatic carbocycles. The molecular formula is C15H15NO3. The van der Waals surface area contributed by atoms with E-state index in [4.69, 9.17) is 9.47 Å². The molecule has 1 aromatic carbocycles. The van der Waals surface area contributed by atoms with Crippen molar-refractivity contribution in [2.45, 2.75) is 18.6 Å². The van der Waals surface area contributed by atoms with Gasteiger partial charge in [-0.3, -0.25) is 4.98 Å². The predicted octanol–water partition coefficient (Wildman–Crippen LogP) is 2.65. The zero-order valence-corrected chi connectivity index (χ0v) is 10.6. The molecule has 2 aromatic rings. The quantitative estimate of drug-likeness (QED) is 0.898. The minimum absolute atomic E-state index is 0.162. The summed E-state index contributed by atoms with van der Waals surface area (Å²) in [7, 11) is 1.61. The molecule has 0 saturated heterocycles. The van der Waals surface area contributed by atoms with Gasteiger partial charge >= 0.3 is 0 Å². The Morgan fingerprint density at radius 1 is 1.37 bits per heavy atom. The normalized spacial score (nSPS) is 21.4. The monoisotopic (exact) mass is 257 g/mol. The van der Waals surface area contributed by atoms with Crippen molar-refractivity contribution in [3.63, 3.8) is 0 Å². The summed E-state index contributed by atoms with van der Waals surface area (Å²) in [6, 6.07) is 9.31. The second kappa shape index (κ2) is 4.90. The first-order valence-electron chi connectivity index (χ1n) is 6.20. The number of aliphatic hydroxyl groups is 1. The first-order chi connectivity index (χ1) is 9.28. The molecule has 19 heavy (non-hydrogen) atoms. The Morgan fingerprint density at radius 3 is 3.00 bits per heavy atom. The SMILES string of the molecule is COc1ccc2c(c1)[C@@H](O)CC(c1cccnc1)O2. The number of methoxy groups -OCH3 is 1. The number of benzene rings is 1. The zero-order chi connectivity index (χ0) is 13.2. The van der Waals surface area contributed by atoms with Gasteiger partial charge in [0.1, 0.15) is 17.6 Å². The fourth-order valence-electron chi connectivity index (χ4n) is 2.32. The summed E-state index contributed by atoms with van der Waals surface area (Å²) < 4.78 is 11.1. The minimum atomic E-state index is -0.552. The number of ether oxygens (including phenoxy) is 2. The molecule has 0 spiro atoms. The number of hydrogen-bond acceptors (Lipinski definition) is 4. The second-order valence-corrected chi connectivity index (χ2v) is 4.55. The van der Waals surface area contributed by atoms with Gasteiger partial charge in [-0.2, -0.15) is 0 Å². The van der Waals surface area contributed by atoms with Crippen LogP contribution in [0.5, 0.6) is 11.5 Å². The van der Waals surface area contributed by atoms with E-state index in [1.54, 1.807) is 19.5 Å². The summed E-state index contributed by atoms with van der Waals surface area (Å²) in [6.07, 6.45) is 3.30. The van der Waals surface area contributed by atoms with Gasteiger partial charge in [-0.15, -0.1) is 0 Å². The Morgan fingerprint density at radius 2 is 2.26 bits per heavy atom. The number of rotatable bonds is 2. The molecule has 1 aromatic heterocycles. The van der Waals surface area contributed by atoms with Gasteiger partial charge < -0.3 is 14.6 Å². The van der Waals surface area contributed by atoms with Crippen molar-refractivity contribution in [3.05, 3.63) is 53.9 Å². The van der Waals surface area contributed by atoms with Gasteiger partial charge in [0.05, 0.1) is 13.2 Å². The molecular weight excluding hydrogens is 242 g/mol. The topological polar surface area (TPSA) is 51.6 Å².